The van der Waals surface area contributed by atoms with Crippen molar-refractivity contribution < 1.29 is 9.72 Å². The van der Waals surface area contributed by atoms with Crippen LogP contribution in [0, 0.1) is 10.1 Å². The molecule has 7 nitrogen and oxygen atoms in total. The molecule has 0 radical (unpaired) electrons. The molecule has 1 amide bonds. The third-order valence-corrected chi connectivity index (χ3v) is 5.46. The highest BCUT2D eigenvalue weighted by atomic mass is 79.9. The third-order valence-electron chi connectivity index (χ3n) is 2.96. The summed E-state index contributed by atoms with van der Waals surface area (Å²) in [6.45, 7) is 0.0320. The molecule has 2 rings (SSSR count). The summed E-state index contributed by atoms with van der Waals surface area (Å²) in [7, 11) is 0. The van der Waals surface area contributed by atoms with Crippen LogP contribution in [0.5, 0.6) is 0 Å². The maximum Gasteiger partial charge on any atom is 0.269 e. The molecule has 0 heterocycles. The Morgan fingerprint density at radius 3 is 2.40 bits per heavy atom. The Hall–Kier alpha value is -1.78. The minimum absolute atomic E-state index is 0.00313. The van der Waals surface area contributed by atoms with Gasteiger partial charge in [-0.05, 0) is 77.6 Å². The van der Waals surface area contributed by atoms with Gasteiger partial charge in [0.15, 0.2) is 0 Å². The first-order valence-electron chi connectivity index (χ1n) is 6.81. The standard InChI is InChI=1S/C15H11Br3N4O3/c16-11-5-13(18)14(6-12(11)17)19-8-15(23)21-20-7-9-1-3-10(4-2-9)22(24)25/h1-7,19H,8H2,(H,21,23)/b20-7+. The van der Waals surface area contributed by atoms with Crippen molar-refractivity contribution in [2.45, 2.75) is 0 Å². The molecule has 2 N–H and O–H groups in total. The first kappa shape index (κ1) is 19.5. The molecular formula is C15H11Br3N4O3. The molecule has 0 saturated heterocycles. The molecule has 2 aromatic carbocycles. The average Bonchev–Trinajstić information content (AvgIpc) is 2.57. The van der Waals surface area contributed by atoms with E-state index in [2.05, 4.69) is 63.6 Å². The first-order chi connectivity index (χ1) is 11.9. The number of benzene rings is 2. The number of hydrogen-bond acceptors (Lipinski definition) is 5. The quantitative estimate of drug-likeness (QED) is 0.248. The van der Waals surface area contributed by atoms with Crippen molar-refractivity contribution in [2.24, 2.45) is 5.10 Å². The number of hydrazone groups is 1. The number of amides is 1. The van der Waals surface area contributed by atoms with Crippen LogP contribution in [-0.4, -0.2) is 23.6 Å². The molecule has 0 fully saturated rings. The van der Waals surface area contributed by atoms with Crippen LogP contribution in [0.4, 0.5) is 11.4 Å². The van der Waals surface area contributed by atoms with Crippen LogP contribution in [0.1, 0.15) is 5.56 Å². The second kappa shape index (κ2) is 9.07. The van der Waals surface area contributed by atoms with Crippen molar-refractivity contribution in [1.82, 2.24) is 5.43 Å². The number of halogens is 3. The number of carbonyl (C=O) groups excluding carboxylic acids is 1. The number of nitro groups is 1. The van der Waals surface area contributed by atoms with E-state index in [1.165, 1.54) is 18.3 Å². The predicted octanol–water partition coefficient (Wildman–Crippen LogP) is 4.44. The van der Waals surface area contributed by atoms with Crippen molar-refractivity contribution in [3.63, 3.8) is 0 Å². The van der Waals surface area contributed by atoms with E-state index in [0.29, 0.717) is 5.56 Å². The highest BCUT2D eigenvalue weighted by Crippen LogP contribution is 2.32. The molecular weight excluding hydrogens is 524 g/mol. The minimum Gasteiger partial charge on any atom is -0.375 e. The highest BCUT2D eigenvalue weighted by Gasteiger charge is 2.07. The van der Waals surface area contributed by atoms with Gasteiger partial charge in [0, 0.05) is 25.6 Å². The molecule has 0 aliphatic carbocycles. The predicted molar refractivity (Wildman–Crippen MR) is 107 cm³/mol. The maximum atomic E-state index is 11.8. The molecule has 0 aliphatic rings. The summed E-state index contributed by atoms with van der Waals surface area (Å²) in [5.41, 5.74) is 3.77. The molecule has 0 saturated carbocycles. The number of carbonyl (C=O) groups is 1. The number of nitrogens with one attached hydrogen (secondary N) is 2. The summed E-state index contributed by atoms with van der Waals surface area (Å²) in [4.78, 5) is 21.9. The third kappa shape index (κ3) is 5.91. The SMILES string of the molecule is O=C(CNc1cc(Br)c(Br)cc1Br)N/N=C/c1ccc([N+](=O)[O-])cc1. The Balaban J connectivity index is 1.86. The van der Waals surface area contributed by atoms with Gasteiger partial charge in [-0.1, -0.05) is 0 Å². The summed E-state index contributed by atoms with van der Waals surface area (Å²) >= 11 is 10.2. The topological polar surface area (TPSA) is 96.6 Å². The van der Waals surface area contributed by atoms with Crippen molar-refractivity contribution in [2.75, 3.05) is 11.9 Å². The molecule has 2 aromatic rings. The number of rotatable bonds is 6. The fourth-order valence-corrected chi connectivity index (χ4v) is 3.21. The van der Waals surface area contributed by atoms with Crippen LogP contribution in [-0.2, 0) is 4.79 Å². The Labute approximate surface area is 168 Å². The van der Waals surface area contributed by atoms with Gasteiger partial charge in [-0.15, -0.1) is 0 Å². The molecule has 10 heteroatoms. The summed E-state index contributed by atoms with van der Waals surface area (Å²) in [6, 6.07) is 9.52. The average molecular weight is 535 g/mol. The van der Waals surface area contributed by atoms with Crippen LogP contribution >= 0.6 is 47.8 Å². The van der Waals surface area contributed by atoms with E-state index in [4.69, 9.17) is 0 Å². The van der Waals surface area contributed by atoms with E-state index >= 15 is 0 Å². The molecule has 25 heavy (non-hydrogen) atoms. The van der Waals surface area contributed by atoms with Gasteiger partial charge in [0.25, 0.3) is 11.6 Å². The Bertz CT molecular complexity index is 826. The molecule has 130 valence electrons. The summed E-state index contributed by atoms with van der Waals surface area (Å²) in [6.07, 6.45) is 1.41. The number of hydrogen-bond donors (Lipinski definition) is 2. The second-order valence-electron chi connectivity index (χ2n) is 4.74. The number of non-ortho nitro benzene ring substituents is 1. The smallest absolute Gasteiger partial charge is 0.269 e. The number of nitrogens with zero attached hydrogens (tertiary/aromatic N) is 2. The van der Waals surface area contributed by atoms with Crippen molar-refractivity contribution in [3.8, 4) is 0 Å². The van der Waals surface area contributed by atoms with E-state index in [9.17, 15) is 14.9 Å². The summed E-state index contributed by atoms with van der Waals surface area (Å²) < 4.78 is 2.56. The fraction of sp³-hybridized carbons (Fsp3) is 0.0667. The zero-order valence-electron chi connectivity index (χ0n) is 12.5. The van der Waals surface area contributed by atoms with Crippen LogP contribution < -0.4 is 10.7 Å². The highest BCUT2D eigenvalue weighted by molar-refractivity contribution is 9.13. The van der Waals surface area contributed by atoms with Gasteiger partial charge in [0.2, 0.25) is 0 Å². The lowest BCUT2D eigenvalue weighted by Gasteiger charge is -2.09. The lowest BCUT2D eigenvalue weighted by Crippen LogP contribution is -2.26. The van der Waals surface area contributed by atoms with E-state index in [1.54, 1.807) is 12.1 Å². The monoisotopic (exact) mass is 532 g/mol. The lowest BCUT2D eigenvalue weighted by atomic mass is 10.2. The Morgan fingerprint density at radius 1 is 1.12 bits per heavy atom. The minimum atomic E-state index is -0.479. The second-order valence-corrected chi connectivity index (χ2v) is 7.30. The van der Waals surface area contributed by atoms with Gasteiger partial charge in [-0.2, -0.15) is 5.10 Å². The van der Waals surface area contributed by atoms with Gasteiger partial charge in [-0.25, -0.2) is 5.43 Å². The van der Waals surface area contributed by atoms with Crippen molar-refractivity contribution >= 4 is 71.3 Å². The van der Waals surface area contributed by atoms with Crippen LogP contribution in [0.3, 0.4) is 0 Å². The molecule has 0 aliphatic heterocycles. The van der Waals surface area contributed by atoms with Gasteiger partial charge in [0.1, 0.15) is 0 Å². The first-order valence-corrected chi connectivity index (χ1v) is 9.19. The largest absolute Gasteiger partial charge is 0.375 e. The Kier molecular flexibility index (Phi) is 7.09. The molecule has 0 spiro atoms. The summed E-state index contributed by atoms with van der Waals surface area (Å²) in [5.74, 6) is -0.330. The number of nitro benzene ring substituents is 1. The van der Waals surface area contributed by atoms with Crippen molar-refractivity contribution in [3.05, 3.63) is 65.5 Å². The van der Waals surface area contributed by atoms with E-state index < -0.39 is 4.92 Å². The zero-order chi connectivity index (χ0) is 18.4. The zero-order valence-corrected chi connectivity index (χ0v) is 17.3. The van der Waals surface area contributed by atoms with E-state index in [1.807, 2.05) is 12.1 Å². The molecule has 0 atom stereocenters. The van der Waals surface area contributed by atoms with Crippen LogP contribution in [0.2, 0.25) is 0 Å². The molecule has 0 bridgehead atoms. The lowest BCUT2D eigenvalue weighted by molar-refractivity contribution is -0.384. The fourth-order valence-electron chi connectivity index (χ4n) is 1.73. The van der Waals surface area contributed by atoms with E-state index in [0.717, 1.165) is 19.1 Å². The van der Waals surface area contributed by atoms with Gasteiger partial charge < -0.3 is 5.32 Å². The van der Waals surface area contributed by atoms with Crippen LogP contribution in [0.15, 0.2) is 54.9 Å². The number of anilines is 1. The van der Waals surface area contributed by atoms with Gasteiger partial charge >= 0.3 is 0 Å². The summed E-state index contributed by atoms with van der Waals surface area (Å²) in [5, 5.41) is 17.4. The Morgan fingerprint density at radius 2 is 1.76 bits per heavy atom. The molecule has 0 aromatic heterocycles. The molecule has 0 unspecified atom stereocenters. The van der Waals surface area contributed by atoms with Gasteiger partial charge in [-0.3, -0.25) is 14.9 Å². The van der Waals surface area contributed by atoms with Crippen molar-refractivity contribution in [1.29, 1.82) is 0 Å². The maximum absolute atomic E-state index is 11.8. The van der Waals surface area contributed by atoms with Crippen LogP contribution in [0.25, 0.3) is 0 Å². The van der Waals surface area contributed by atoms with Gasteiger partial charge in [0.05, 0.1) is 23.4 Å². The van der Waals surface area contributed by atoms with E-state index in [-0.39, 0.29) is 18.1 Å². The normalized spacial score (nSPS) is 10.7.